The lowest BCUT2D eigenvalue weighted by molar-refractivity contribution is 0.0997. The van der Waals surface area contributed by atoms with Crippen LogP contribution in [0.15, 0.2) is 24.3 Å². The Hall–Kier alpha value is -0.780. The molecule has 0 aromatic heterocycles. The van der Waals surface area contributed by atoms with Gasteiger partial charge in [0.15, 0.2) is 0 Å². The molecule has 0 aliphatic rings. The fraction of sp³-hybridized carbons (Fsp3) is 0.417. The molecule has 0 saturated carbocycles. The maximum Gasteiger partial charge on any atom is 0.410 e. The number of halogens is 1. The van der Waals surface area contributed by atoms with E-state index in [0.717, 1.165) is 9.13 Å². The summed E-state index contributed by atoms with van der Waals surface area (Å²) in [4.78, 5) is 13.3. The van der Waals surface area contributed by atoms with Crippen LogP contribution in [0.5, 0.6) is 0 Å². The van der Waals surface area contributed by atoms with Gasteiger partial charge in [0.25, 0.3) is 0 Å². The quantitative estimate of drug-likeness (QED) is 0.792. The van der Waals surface area contributed by atoms with Gasteiger partial charge < -0.3 is 9.64 Å². The van der Waals surface area contributed by atoms with Crippen LogP contribution in [0.2, 0.25) is 0 Å². The average molecular weight is 333 g/mol. The molecular formula is C12H16INO2. The third kappa shape index (κ3) is 3.66. The minimum atomic E-state index is -0.246. The van der Waals surface area contributed by atoms with Crippen LogP contribution >= 0.6 is 22.6 Å². The lowest BCUT2D eigenvalue weighted by Gasteiger charge is -2.18. The van der Waals surface area contributed by atoms with Crippen molar-refractivity contribution in [3.8, 4) is 0 Å². The molecule has 0 aliphatic heterocycles. The van der Waals surface area contributed by atoms with Gasteiger partial charge in [-0.05, 0) is 42.5 Å². The molecular weight excluding hydrogens is 317 g/mol. The Labute approximate surface area is 110 Å². The Morgan fingerprint density at radius 1 is 1.31 bits per heavy atom. The van der Waals surface area contributed by atoms with Gasteiger partial charge in [0.1, 0.15) is 6.61 Å². The molecule has 0 aliphatic carbocycles. The predicted molar refractivity (Wildman–Crippen MR) is 72.3 cm³/mol. The van der Waals surface area contributed by atoms with Crippen molar-refractivity contribution in [1.29, 1.82) is 0 Å². The Kier molecular flexibility index (Phi) is 5.59. The van der Waals surface area contributed by atoms with Gasteiger partial charge in [-0.15, -0.1) is 0 Å². The SMILES string of the molecule is CCN(CC)C(=O)OCc1ccccc1I. The molecule has 4 heteroatoms. The fourth-order valence-corrected chi connectivity index (χ4v) is 1.87. The molecule has 0 atom stereocenters. The van der Waals surface area contributed by atoms with Crippen molar-refractivity contribution in [3.63, 3.8) is 0 Å². The first kappa shape index (κ1) is 13.3. The first-order valence-electron chi connectivity index (χ1n) is 5.34. The molecule has 16 heavy (non-hydrogen) atoms. The number of hydrogen-bond donors (Lipinski definition) is 0. The van der Waals surface area contributed by atoms with Gasteiger partial charge in [0, 0.05) is 22.2 Å². The molecule has 0 fully saturated rings. The number of hydrogen-bond acceptors (Lipinski definition) is 2. The van der Waals surface area contributed by atoms with Gasteiger partial charge in [-0.2, -0.15) is 0 Å². The highest BCUT2D eigenvalue weighted by Crippen LogP contribution is 2.12. The number of carbonyl (C=O) groups excluding carboxylic acids is 1. The number of carbonyl (C=O) groups is 1. The van der Waals surface area contributed by atoms with Crippen LogP contribution in [0.4, 0.5) is 4.79 Å². The summed E-state index contributed by atoms with van der Waals surface area (Å²) in [6.07, 6.45) is -0.246. The summed E-state index contributed by atoms with van der Waals surface area (Å²) >= 11 is 2.24. The maximum atomic E-state index is 11.6. The maximum absolute atomic E-state index is 11.6. The Bertz CT molecular complexity index is 351. The molecule has 0 heterocycles. The van der Waals surface area contributed by atoms with E-state index >= 15 is 0 Å². The number of amides is 1. The van der Waals surface area contributed by atoms with Crippen LogP contribution < -0.4 is 0 Å². The van der Waals surface area contributed by atoms with E-state index in [2.05, 4.69) is 22.6 Å². The van der Waals surface area contributed by atoms with Gasteiger partial charge in [0.2, 0.25) is 0 Å². The van der Waals surface area contributed by atoms with Gasteiger partial charge in [-0.25, -0.2) is 4.79 Å². The average Bonchev–Trinajstić information content (AvgIpc) is 2.29. The monoisotopic (exact) mass is 333 g/mol. The predicted octanol–water partition coefficient (Wildman–Crippen LogP) is 3.27. The van der Waals surface area contributed by atoms with Gasteiger partial charge >= 0.3 is 6.09 Å². The summed E-state index contributed by atoms with van der Waals surface area (Å²) in [5, 5.41) is 0. The lowest BCUT2D eigenvalue weighted by Crippen LogP contribution is -2.30. The largest absolute Gasteiger partial charge is 0.445 e. The van der Waals surface area contributed by atoms with Crippen LogP contribution in [-0.4, -0.2) is 24.1 Å². The molecule has 1 aromatic rings. The summed E-state index contributed by atoms with van der Waals surface area (Å²) < 4.78 is 6.35. The highest BCUT2D eigenvalue weighted by atomic mass is 127. The molecule has 0 saturated heterocycles. The minimum absolute atomic E-state index is 0.246. The van der Waals surface area contributed by atoms with Crippen molar-refractivity contribution in [1.82, 2.24) is 4.90 Å². The van der Waals surface area contributed by atoms with Crippen molar-refractivity contribution in [2.24, 2.45) is 0 Å². The van der Waals surface area contributed by atoms with E-state index in [1.165, 1.54) is 0 Å². The summed E-state index contributed by atoms with van der Waals surface area (Å²) in [6, 6.07) is 7.89. The smallest absolute Gasteiger partial charge is 0.410 e. The van der Waals surface area contributed by atoms with Crippen molar-refractivity contribution in [2.75, 3.05) is 13.1 Å². The van der Waals surface area contributed by atoms with E-state index < -0.39 is 0 Å². The van der Waals surface area contributed by atoms with Crippen molar-refractivity contribution in [2.45, 2.75) is 20.5 Å². The van der Waals surface area contributed by atoms with Gasteiger partial charge in [-0.1, -0.05) is 18.2 Å². The number of nitrogens with zero attached hydrogens (tertiary/aromatic N) is 1. The second-order valence-electron chi connectivity index (χ2n) is 3.32. The third-order valence-electron chi connectivity index (χ3n) is 2.33. The summed E-state index contributed by atoms with van der Waals surface area (Å²) in [5.41, 5.74) is 1.05. The zero-order valence-electron chi connectivity index (χ0n) is 9.57. The summed E-state index contributed by atoms with van der Waals surface area (Å²) in [5.74, 6) is 0. The summed E-state index contributed by atoms with van der Waals surface area (Å²) in [7, 11) is 0. The molecule has 0 bridgehead atoms. The normalized spacial score (nSPS) is 9.94. The van der Waals surface area contributed by atoms with Crippen molar-refractivity contribution < 1.29 is 9.53 Å². The van der Waals surface area contributed by atoms with Crippen LogP contribution in [0.3, 0.4) is 0 Å². The van der Waals surface area contributed by atoms with E-state index in [4.69, 9.17) is 4.74 Å². The minimum Gasteiger partial charge on any atom is -0.445 e. The highest BCUT2D eigenvalue weighted by molar-refractivity contribution is 14.1. The Morgan fingerprint density at radius 3 is 2.50 bits per heavy atom. The molecule has 3 nitrogen and oxygen atoms in total. The lowest BCUT2D eigenvalue weighted by atomic mass is 10.2. The van der Waals surface area contributed by atoms with E-state index in [0.29, 0.717) is 19.7 Å². The van der Waals surface area contributed by atoms with Crippen LogP contribution in [0.25, 0.3) is 0 Å². The second kappa shape index (κ2) is 6.73. The molecule has 0 unspecified atom stereocenters. The van der Waals surface area contributed by atoms with Crippen LogP contribution in [-0.2, 0) is 11.3 Å². The van der Waals surface area contributed by atoms with Crippen LogP contribution in [0, 0.1) is 3.57 Å². The zero-order valence-corrected chi connectivity index (χ0v) is 11.7. The third-order valence-corrected chi connectivity index (χ3v) is 3.38. The van der Waals surface area contributed by atoms with E-state index in [-0.39, 0.29) is 6.09 Å². The fourth-order valence-electron chi connectivity index (χ4n) is 1.33. The number of ether oxygens (including phenoxy) is 1. The molecule has 1 aromatic carbocycles. The zero-order chi connectivity index (χ0) is 12.0. The van der Waals surface area contributed by atoms with Crippen molar-refractivity contribution >= 4 is 28.7 Å². The number of rotatable bonds is 4. The topological polar surface area (TPSA) is 29.5 Å². The molecule has 1 rings (SSSR count). The van der Waals surface area contributed by atoms with E-state index in [1.807, 2.05) is 38.1 Å². The Balaban J connectivity index is 2.52. The second-order valence-corrected chi connectivity index (χ2v) is 4.48. The van der Waals surface area contributed by atoms with Gasteiger partial charge in [-0.3, -0.25) is 0 Å². The highest BCUT2D eigenvalue weighted by Gasteiger charge is 2.11. The molecule has 0 radical (unpaired) electrons. The van der Waals surface area contributed by atoms with E-state index in [1.54, 1.807) is 4.90 Å². The standard InChI is InChI=1S/C12H16INO2/c1-3-14(4-2)12(15)16-9-10-7-5-6-8-11(10)13/h5-8H,3-4,9H2,1-2H3. The first-order valence-corrected chi connectivity index (χ1v) is 6.42. The van der Waals surface area contributed by atoms with Crippen LogP contribution in [0.1, 0.15) is 19.4 Å². The van der Waals surface area contributed by atoms with Gasteiger partial charge in [0.05, 0.1) is 0 Å². The first-order chi connectivity index (χ1) is 7.69. The van der Waals surface area contributed by atoms with E-state index in [9.17, 15) is 4.79 Å². The number of benzene rings is 1. The molecule has 0 spiro atoms. The molecule has 0 N–H and O–H groups in total. The van der Waals surface area contributed by atoms with Crippen molar-refractivity contribution in [3.05, 3.63) is 33.4 Å². The molecule has 88 valence electrons. The Morgan fingerprint density at radius 2 is 1.94 bits per heavy atom. The summed E-state index contributed by atoms with van der Waals surface area (Å²) in [6.45, 7) is 5.59. The molecule has 1 amide bonds.